The van der Waals surface area contributed by atoms with Crippen molar-refractivity contribution in [2.75, 3.05) is 0 Å². The Morgan fingerprint density at radius 3 is 1.77 bits per heavy atom. The van der Waals surface area contributed by atoms with Crippen LogP contribution in [0, 0.1) is 6.07 Å². The molecule has 0 aromatic heterocycles. The Balaban J connectivity index is 0.000000151. The van der Waals surface area contributed by atoms with E-state index in [-0.39, 0.29) is 5.75 Å². The summed E-state index contributed by atoms with van der Waals surface area (Å²) >= 11 is 0. The summed E-state index contributed by atoms with van der Waals surface area (Å²) < 4.78 is 5.52. The molecule has 0 bridgehead atoms. The zero-order valence-electron chi connectivity index (χ0n) is 14.2. The molecule has 0 saturated carbocycles. The van der Waals surface area contributed by atoms with Gasteiger partial charge in [0.1, 0.15) is 11.5 Å². The fraction of sp³-hybridized carbons (Fsp3) is 0. The molecular weight excluding hydrogens is 320 g/mol. The van der Waals surface area contributed by atoms with Gasteiger partial charge in [0.15, 0.2) is 5.75 Å². The van der Waals surface area contributed by atoms with Crippen molar-refractivity contribution in [1.82, 2.24) is 0 Å². The highest BCUT2D eigenvalue weighted by Gasteiger charge is 1.96. The van der Waals surface area contributed by atoms with E-state index in [2.05, 4.69) is 6.07 Å². The molecule has 2 nitrogen and oxygen atoms in total. The molecule has 4 rings (SSSR count). The Hall–Kier alpha value is -3.52. The van der Waals surface area contributed by atoms with Crippen molar-refractivity contribution in [3.8, 4) is 28.4 Å². The molecule has 2 radical (unpaired) electrons. The van der Waals surface area contributed by atoms with Gasteiger partial charge in [-0.25, -0.2) is 0 Å². The van der Waals surface area contributed by atoms with Crippen molar-refractivity contribution in [1.29, 1.82) is 0 Å². The van der Waals surface area contributed by atoms with Crippen LogP contribution in [-0.2, 0) is 5.11 Å². The van der Waals surface area contributed by atoms with Gasteiger partial charge in [-0.05, 0) is 41.5 Å². The van der Waals surface area contributed by atoms with Crippen molar-refractivity contribution in [3.05, 3.63) is 115 Å². The van der Waals surface area contributed by atoms with E-state index in [1.807, 2.05) is 97.1 Å². The predicted molar refractivity (Wildman–Crippen MR) is 104 cm³/mol. The molecule has 0 atom stereocenters. The van der Waals surface area contributed by atoms with Gasteiger partial charge in [0, 0.05) is 6.07 Å². The van der Waals surface area contributed by atoms with E-state index in [9.17, 15) is 5.11 Å². The maximum absolute atomic E-state index is 10.9. The van der Waals surface area contributed by atoms with Crippen molar-refractivity contribution >= 4 is 0 Å². The second-order valence-electron chi connectivity index (χ2n) is 5.53. The zero-order valence-corrected chi connectivity index (χ0v) is 14.2. The molecule has 2 heteroatoms. The first-order valence-electron chi connectivity index (χ1n) is 8.33. The highest BCUT2D eigenvalue weighted by molar-refractivity contribution is 5.63. The number of ether oxygens (including phenoxy) is 1. The number of benzene rings is 4. The van der Waals surface area contributed by atoms with Gasteiger partial charge >= 0.3 is 0 Å². The molecule has 0 saturated heterocycles. The number of para-hydroxylation sites is 2. The van der Waals surface area contributed by atoms with Crippen LogP contribution in [0.3, 0.4) is 0 Å². The molecule has 0 amide bonds. The first-order valence-corrected chi connectivity index (χ1v) is 8.33. The molecule has 0 heterocycles. The van der Waals surface area contributed by atoms with Crippen LogP contribution >= 0.6 is 0 Å². The molecule has 0 spiro atoms. The number of hydrogen-bond donors (Lipinski definition) is 0. The summed E-state index contributed by atoms with van der Waals surface area (Å²) in [4.78, 5) is 0. The maximum Gasteiger partial charge on any atom is 0.178 e. The fourth-order valence-electron chi connectivity index (χ4n) is 2.33. The van der Waals surface area contributed by atoms with E-state index < -0.39 is 0 Å². The predicted octanol–water partition coefficient (Wildman–Crippen LogP) is 6.78. The minimum absolute atomic E-state index is 0.0553. The van der Waals surface area contributed by atoms with Crippen LogP contribution in [0.25, 0.3) is 11.1 Å². The topological polar surface area (TPSA) is 29.1 Å². The SMILES string of the molecule is [O]c1ccc(-c2ccccc2)cc1.[c]1ccccc1Oc1ccccc1. The molecule has 26 heavy (non-hydrogen) atoms. The minimum Gasteiger partial charge on any atom is -0.457 e. The fourth-order valence-corrected chi connectivity index (χ4v) is 2.33. The first kappa shape index (κ1) is 17.3. The van der Waals surface area contributed by atoms with E-state index in [4.69, 9.17) is 4.74 Å². The largest absolute Gasteiger partial charge is 0.457 e. The Labute approximate surface area is 154 Å². The standard InChI is InChI=1S/2C12H9O/c1-3-7-11(8-4-1)13-12-9-5-2-6-10-12;13-12-8-6-11(7-9-12)10-4-2-1-3-5-10/h2*1-9H. The lowest BCUT2D eigenvalue weighted by Crippen LogP contribution is -1.81. The molecule has 0 unspecified atom stereocenters. The smallest absolute Gasteiger partial charge is 0.178 e. The first-order chi connectivity index (χ1) is 12.8. The molecule has 0 aliphatic rings. The average Bonchev–Trinajstić information content (AvgIpc) is 2.71. The Morgan fingerprint density at radius 2 is 1.15 bits per heavy atom. The quantitative estimate of drug-likeness (QED) is 0.405. The number of hydrogen-bond acceptors (Lipinski definition) is 1. The van der Waals surface area contributed by atoms with Gasteiger partial charge in [0.25, 0.3) is 0 Å². The normalized spacial score (nSPS) is 9.69. The van der Waals surface area contributed by atoms with Gasteiger partial charge in [-0.2, -0.15) is 0 Å². The van der Waals surface area contributed by atoms with Crippen molar-refractivity contribution < 1.29 is 9.84 Å². The lowest BCUT2D eigenvalue weighted by atomic mass is 10.1. The summed E-state index contributed by atoms with van der Waals surface area (Å²) in [6, 6.07) is 37.1. The van der Waals surface area contributed by atoms with Crippen LogP contribution in [0.1, 0.15) is 0 Å². The molecule has 0 fully saturated rings. The summed E-state index contributed by atoms with van der Waals surface area (Å²) in [7, 11) is 0. The maximum atomic E-state index is 10.9. The highest BCUT2D eigenvalue weighted by atomic mass is 16.5. The van der Waals surface area contributed by atoms with Crippen molar-refractivity contribution in [2.45, 2.75) is 0 Å². The second kappa shape index (κ2) is 9.09. The van der Waals surface area contributed by atoms with Crippen molar-refractivity contribution in [2.24, 2.45) is 0 Å². The molecule has 126 valence electrons. The van der Waals surface area contributed by atoms with Gasteiger partial charge in [0.05, 0.1) is 0 Å². The van der Waals surface area contributed by atoms with Crippen LogP contribution in [0.15, 0.2) is 109 Å². The van der Waals surface area contributed by atoms with Crippen LogP contribution in [0.5, 0.6) is 17.2 Å². The Kier molecular flexibility index (Phi) is 6.05. The third kappa shape index (κ3) is 5.25. The Bertz CT molecular complexity index is 849. The molecule has 4 aromatic carbocycles. The van der Waals surface area contributed by atoms with Crippen molar-refractivity contribution in [3.63, 3.8) is 0 Å². The van der Waals surface area contributed by atoms with E-state index in [0.717, 1.165) is 22.6 Å². The lowest BCUT2D eigenvalue weighted by Gasteiger charge is -2.03. The van der Waals surface area contributed by atoms with Crippen LogP contribution in [-0.4, -0.2) is 0 Å². The Morgan fingerprint density at radius 1 is 0.577 bits per heavy atom. The zero-order chi connectivity index (χ0) is 18.0. The van der Waals surface area contributed by atoms with E-state index in [1.165, 1.54) is 0 Å². The molecule has 4 aromatic rings. The molecule has 0 aliphatic carbocycles. The van der Waals surface area contributed by atoms with Crippen LogP contribution in [0.4, 0.5) is 0 Å². The summed E-state index contributed by atoms with van der Waals surface area (Å²) in [6.07, 6.45) is 0. The van der Waals surface area contributed by atoms with Crippen LogP contribution < -0.4 is 4.74 Å². The third-order valence-electron chi connectivity index (χ3n) is 3.61. The monoisotopic (exact) mass is 338 g/mol. The summed E-state index contributed by atoms with van der Waals surface area (Å²) in [6.45, 7) is 0. The molecule has 0 N–H and O–H groups in total. The molecular formula is C24H18O2. The highest BCUT2D eigenvalue weighted by Crippen LogP contribution is 2.21. The summed E-state index contributed by atoms with van der Waals surface area (Å²) in [5.74, 6) is 1.64. The lowest BCUT2D eigenvalue weighted by molar-refractivity contribution is 0.355. The number of rotatable bonds is 3. The van der Waals surface area contributed by atoms with E-state index >= 15 is 0 Å². The average molecular weight is 338 g/mol. The van der Waals surface area contributed by atoms with Gasteiger partial charge in [-0.3, -0.25) is 5.11 Å². The summed E-state index contributed by atoms with van der Waals surface area (Å²) in [5, 5.41) is 10.9. The van der Waals surface area contributed by atoms with E-state index in [1.54, 1.807) is 12.1 Å². The minimum atomic E-state index is 0.0553. The van der Waals surface area contributed by atoms with Gasteiger partial charge in [-0.15, -0.1) is 0 Å². The summed E-state index contributed by atoms with van der Waals surface area (Å²) in [5.41, 5.74) is 2.22. The third-order valence-corrected chi connectivity index (χ3v) is 3.61. The molecule has 0 aliphatic heterocycles. The second-order valence-corrected chi connectivity index (χ2v) is 5.53. The van der Waals surface area contributed by atoms with Crippen LogP contribution in [0.2, 0.25) is 0 Å². The van der Waals surface area contributed by atoms with E-state index in [0.29, 0.717) is 0 Å². The van der Waals surface area contributed by atoms with Gasteiger partial charge in [0.2, 0.25) is 0 Å². The van der Waals surface area contributed by atoms with Gasteiger partial charge in [-0.1, -0.05) is 78.9 Å². The van der Waals surface area contributed by atoms with Gasteiger partial charge < -0.3 is 4.74 Å².